The predicted molar refractivity (Wildman–Crippen MR) is 68.0 cm³/mol. The normalized spacial score (nSPS) is 22.0. The van der Waals surface area contributed by atoms with E-state index in [-0.39, 0.29) is 17.9 Å². The van der Waals surface area contributed by atoms with Crippen LogP contribution < -0.4 is 5.32 Å². The van der Waals surface area contributed by atoms with Crippen LogP contribution in [0.2, 0.25) is 0 Å². The minimum absolute atomic E-state index is 0.199. The Morgan fingerprint density at radius 3 is 2.83 bits per heavy atom. The van der Waals surface area contributed by atoms with Crippen LogP contribution in [0.15, 0.2) is 22.8 Å². The lowest BCUT2D eigenvalue weighted by atomic mass is 10.2. The molecule has 0 radical (unpaired) electrons. The van der Waals surface area contributed by atoms with E-state index < -0.39 is 0 Å². The first-order chi connectivity index (χ1) is 8.84. The van der Waals surface area contributed by atoms with Crippen LogP contribution >= 0.6 is 0 Å². The van der Waals surface area contributed by atoms with Gasteiger partial charge in [-0.3, -0.25) is 9.69 Å². The van der Waals surface area contributed by atoms with Crippen molar-refractivity contribution in [1.29, 1.82) is 0 Å². The molecule has 2 heterocycles. The van der Waals surface area contributed by atoms with E-state index in [0.717, 1.165) is 31.7 Å². The first-order valence-electron chi connectivity index (χ1n) is 6.90. The first kappa shape index (κ1) is 11.8. The van der Waals surface area contributed by atoms with Crippen molar-refractivity contribution in [3.8, 4) is 0 Å². The maximum Gasteiger partial charge on any atom is 0.223 e. The van der Waals surface area contributed by atoms with Crippen LogP contribution in [-0.4, -0.2) is 30.4 Å². The lowest BCUT2D eigenvalue weighted by molar-refractivity contribution is -0.122. The lowest BCUT2D eigenvalue weighted by Crippen LogP contribution is -2.37. The van der Waals surface area contributed by atoms with Gasteiger partial charge in [-0.2, -0.15) is 0 Å². The van der Waals surface area contributed by atoms with Gasteiger partial charge < -0.3 is 9.73 Å². The summed E-state index contributed by atoms with van der Waals surface area (Å²) in [5.41, 5.74) is 0. The van der Waals surface area contributed by atoms with Crippen LogP contribution in [-0.2, 0) is 4.79 Å². The van der Waals surface area contributed by atoms with Crippen molar-refractivity contribution in [3.63, 3.8) is 0 Å². The van der Waals surface area contributed by atoms with E-state index >= 15 is 0 Å². The van der Waals surface area contributed by atoms with Crippen molar-refractivity contribution in [2.75, 3.05) is 19.6 Å². The molecule has 1 amide bonds. The van der Waals surface area contributed by atoms with Crippen LogP contribution in [0.25, 0.3) is 0 Å². The van der Waals surface area contributed by atoms with Gasteiger partial charge in [-0.15, -0.1) is 0 Å². The third-order valence-corrected chi connectivity index (χ3v) is 3.87. The Morgan fingerprint density at radius 2 is 2.22 bits per heavy atom. The number of amides is 1. The Morgan fingerprint density at radius 1 is 1.44 bits per heavy atom. The van der Waals surface area contributed by atoms with E-state index in [1.807, 2.05) is 12.1 Å². The van der Waals surface area contributed by atoms with Crippen molar-refractivity contribution < 1.29 is 9.21 Å². The summed E-state index contributed by atoms with van der Waals surface area (Å²) >= 11 is 0. The fourth-order valence-electron chi connectivity index (χ4n) is 2.63. The zero-order valence-electron chi connectivity index (χ0n) is 10.6. The molecule has 1 saturated carbocycles. The van der Waals surface area contributed by atoms with E-state index in [4.69, 9.17) is 4.42 Å². The standard InChI is InChI=1S/C14H20N2O2/c17-14(11-5-6-11)15-10-12(13-4-3-9-18-13)16-7-1-2-8-16/h3-4,9,11-12H,1-2,5-8,10H2,(H,15,17). The topological polar surface area (TPSA) is 45.5 Å². The molecular formula is C14H20N2O2. The first-order valence-corrected chi connectivity index (χ1v) is 6.90. The Balaban J connectivity index is 1.63. The van der Waals surface area contributed by atoms with Crippen molar-refractivity contribution in [2.24, 2.45) is 5.92 Å². The average Bonchev–Trinajstić information content (AvgIpc) is 2.89. The SMILES string of the molecule is O=C(NCC(c1ccco1)N1CCCC1)C1CC1. The molecular weight excluding hydrogens is 228 g/mol. The number of nitrogens with one attached hydrogen (secondary N) is 1. The summed E-state index contributed by atoms with van der Waals surface area (Å²) in [6, 6.07) is 4.12. The zero-order valence-corrected chi connectivity index (χ0v) is 10.6. The highest BCUT2D eigenvalue weighted by Gasteiger charge is 2.31. The largest absolute Gasteiger partial charge is 0.468 e. The molecule has 1 aromatic heterocycles. The zero-order chi connectivity index (χ0) is 12.4. The molecule has 1 unspecified atom stereocenters. The molecule has 4 heteroatoms. The summed E-state index contributed by atoms with van der Waals surface area (Å²) in [7, 11) is 0. The molecule has 2 fully saturated rings. The average molecular weight is 248 g/mol. The Labute approximate surface area is 107 Å². The van der Waals surface area contributed by atoms with Crippen LogP contribution in [0.5, 0.6) is 0 Å². The number of hydrogen-bond acceptors (Lipinski definition) is 3. The molecule has 1 saturated heterocycles. The monoisotopic (exact) mass is 248 g/mol. The summed E-state index contributed by atoms with van der Waals surface area (Å²) < 4.78 is 5.52. The molecule has 0 spiro atoms. The van der Waals surface area contributed by atoms with Crippen LogP contribution in [0.4, 0.5) is 0 Å². The molecule has 2 aliphatic rings. The maximum absolute atomic E-state index is 11.7. The van der Waals surface area contributed by atoms with Gasteiger partial charge in [-0.05, 0) is 50.9 Å². The number of carbonyl (C=O) groups is 1. The molecule has 1 aliphatic heterocycles. The fourth-order valence-corrected chi connectivity index (χ4v) is 2.63. The second-order valence-electron chi connectivity index (χ2n) is 5.29. The Kier molecular flexibility index (Phi) is 3.37. The van der Waals surface area contributed by atoms with Crippen LogP contribution in [0, 0.1) is 5.92 Å². The van der Waals surface area contributed by atoms with Gasteiger partial charge in [0.25, 0.3) is 0 Å². The van der Waals surface area contributed by atoms with Crippen LogP contribution in [0.1, 0.15) is 37.5 Å². The van der Waals surface area contributed by atoms with E-state index in [0.29, 0.717) is 6.54 Å². The molecule has 1 aliphatic carbocycles. The van der Waals surface area contributed by atoms with Gasteiger partial charge in [-0.25, -0.2) is 0 Å². The molecule has 1 N–H and O–H groups in total. The summed E-state index contributed by atoms with van der Waals surface area (Å²) in [6.07, 6.45) is 6.31. The Hall–Kier alpha value is -1.29. The van der Waals surface area contributed by atoms with E-state index in [9.17, 15) is 4.79 Å². The molecule has 3 rings (SSSR count). The second kappa shape index (κ2) is 5.14. The van der Waals surface area contributed by atoms with Gasteiger partial charge >= 0.3 is 0 Å². The van der Waals surface area contributed by atoms with E-state index in [1.54, 1.807) is 6.26 Å². The highest BCUT2D eigenvalue weighted by Crippen LogP contribution is 2.29. The number of nitrogens with zero attached hydrogens (tertiary/aromatic N) is 1. The van der Waals surface area contributed by atoms with Gasteiger partial charge in [-0.1, -0.05) is 0 Å². The minimum atomic E-state index is 0.199. The molecule has 0 bridgehead atoms. The highest BCUT2D eigenvalue weighted by molar-refractivity contribution is 5.80. The quantitative estimate of drug-likeness (QED) is 0.866. The van der Waals surface area contributed by atoms with Gasteiger partial charge in [0.05, 0.1) is 12.3 Å². The molecule has 4 nitrogen and oxygen atoms in total. The molecule has 18 heavy (non-hydrogen) atoms. The number of furan rings is 1. The molecule has 1 atom stereocenters. The van der Waals surface area contributed by atoms with Crippen molar-refractivity contribution in [2.45, 2.75) is 31.7 Å². The summed E-state index contributed by atoms with van der Waals surface area (Å²) in [6.45, 7) is 2.87. The number of likely N-dealkylation sites (tertiary alicyclic amines) is 1. The number of carbonyl (C=O) groups excluding carboxylic acids is 1. The summed E-state index contributed by atoms with van der Waals surface area (Å²) in [5.74, 6) is 1.46. The minimum Gasteiger partial charge on any atom is -0.468 e. The third kappa shape index (κ3) is 2.58. The Bertz CT molecular complexity index is 392. The third-order valence-electron chi connectivity index (χ3n) is 3.87. The van der Waals surface area contributed by atoms with Crippen molar-refractivity contribution in [3.05, 3.63) is 24.2 Å². The smallest absolute Gasteiger partial charge is 0.223 e. The van der Waals surface area contributed by atoms with Crippen molar-refractivity contribution >= 4 is 5.91 Å². The highest BCUT2D eigenvalue weighted by atomic mass is 16.3. The summed E-state index contributed by atoms with van der Waals surface area (Å²) in [4.78, 5) is 14.1. The maximum atomic E-state index is 11.7. The van der Waals surface area contributed by atoms with Gasteiger partial charge in [0.1, 0.15) is 5.76 Å². The molecule has 1 aromatic rings. The molecule has 98 valence electrons. The lowest BCUT2D eigenvalue weighted by Gasteiger charge is -2.26. The fraction of sp³-hybridized carbons (Fsp3) is 0.643. The van der Waals surface area contributed by atoms with E-state index in [2.05, 4.69) is 10.2 Å². The number of rotatable bonds is 5. The van der Waals surface area contributed by atoms with Gasteiger partial charge in [0.15, 0.2) is 0 Å². The van der Waals surface area contributed by atoms with E-state index in [1.165, 1.54) is 12.8 Å². The van der Waals surface area contributed by atoms with Crippen LogP contribution in [0.3, 0.4) is 0 Å². The van der Waals surface area contributed by atoms with Gasteiger partial charge in [0, 0.05) is 12.5 Å². The molecule has 0 aromatic carbocycles. The summed E-state index contributed by atoms with van der Waals surface area (Å²) in [5, 5.41) is 3.07. The number of hydrogen-bond donors (Lipinski definition) is 1. The van der Waals surface area contributed by atoms with Crippen molar-refractivity contribution in [1.82, 2.24) is 10.2 Å². The van der Waals surface area contributed by atoms with Gasteiger partial charge in [0.2, 0.25) is 5.91 Å². The second-order valence-corrected chi connectivity index (χ2v) is 5.29. The predicted octanol–water partition coefficient (Wildman–Crippen LogP) is 1.94.